The molecule has 12 heteroatoms. The van der Waals surface area contributed by atoms with Gasteiger partial charge < -0.3 is 20.4 Å². The zero-order valence-corrected chi connectivity index (χ0v) is 17.6. The Hall–Kier alpha value is -3.84. The van der Waals surface area contributed by atoms with Crippen LogP contribution in [0.5, 0.6) is 0 Å². The molecule has 2 aromatic rings. The van der Waals surface area contributed by atoms with Gasteiger partial charge >= 0.3 is 23.9 Å². The van der Waals surface area contributed by atoms with Gasteiger partial charge in [-0.05, 0) is 24.0 Å². The lowest BCUT2D eigenvalue weighted by molar-refractivity contribution is -0.147. The second-order valence-electron chi connectivity index (χ2n) is 6.46. The second kappa shape index (κ2) is 16.8. The summed E-state index contributed by atoms with van der Waals surface area (Å²) in [7, 11) is 0. The molecule has 0 unspecified atom stereocenters. The molecule has 12 nitrogen and oxygen atoms in total. The number of nitrogens with two attached hydrogens (primary N) is 2. The first kappa shape index (κ1) is 29.2. The monoisotopic (exact) mass is 464 g/mol. The Balaban J connectivity index is 0.000000490. The predicted molar refractivity (Wildman–Crippen MR) is 118 cm³/mol. The van der Waals surface area contributed by atoms with Crippen LogP contribution in [0, 0.1) is 0 Å². The molecule has 0 saturated carbocycles. The molecule has 10 N–H and O–H groups in total. The summed E-state index contributed by atoms with van der Waals surface area (Å²) in [6, 6.07) is 17.3. The van der Waals surface area contributed by atoms with Crippen LogP contribution in [0.25, 0.3) is 0 Å². The van der Waals surface area contributed by atoms with Gasteiger partial charge in [0.25, 0.3) is 0 Å². The highest BCUT2D eigenvalue weighted by molar-refractivity contribution is 5.88. The van der Waals surface area contributed by atoms with Gasteiger partial charge in [0.1, 0.15) is 18.5 Å². The summed E-state index contributed by atoms with van der Waals surface area (Å²) in [5.41, 5.74) is 6.40. The van der Waals surface area contributed by atoms with Crippen molar-refractivity contribution in [1.29, 1.82) is 0 Å². The van der Waals surface area contributed by atoms with Gasteiger partial charge in [0, 0.05) is 0 Å². The molecule has 180 valence electrons. The first-order valence-corrected chi connectivity index (χ1v) is 9.50. The summed E-state index contributed by atoms with van der Waals surface area (Å²) >= 11 is 0. The molecule has 0 aromatic heterocycles. The summed E-state index contributed by atoms with van der Waals surface area (Å²) < 4.78 is 0. The minimum Gasteiger partial charge on any atom is -0.481 e. The van der Waals surface area contributed by atoms with Gasteiger partial charge in [0.15, 0.2) is 0 Å². The maximum atomic E-state index is 10.6. The van der Waals surface area contributed by atoms with E-state index in [9.17, 15) is 19.2 Å². The van der Waals surface area contributed by atoms with Crippen molar-refractivity contribution >= 4 is 23.9 Å². The fourth-order valence-corrected chi connectivity index (χ4v) is 2.26. The molecule has 0 heterocycles. The Bertz CT molecular complexity index is 794. The molecule has 0 saturated heterocycles. The lowest BCUT2D eigenvalue weighted by Gasteiger charge is -2.09. The maximum Gasteiger partial charge on any atom is 0.322 e. The fourth-order valence-electron chi connectivity index (χ4n) is 2.26. The standard InChI is InChI=1S/2C9H12N2O2.C3H4O4/c2*10-11-8(9(12)13)6-7-4-2-1-3-5-7;4-2(5)1-3(6)7/h2*1-5,8,11H,6,10H2,(H,12,13);1H2,(H,4,5)(H,6,7)/t2*8-;/m00./s1. The molecular formula is C21H28N4O8. The van der Waals surface area contributed by atoms with Gasteiger partial charge in [0.05, 0.1) is 0 Å². The third-order valence-corrected chi connectivity index (χ3v) is 3.87. The van der Waals surface area contributed by atoms with E-state index < -0.39 is 42.4 Å². The van der Waals surface area contributed by atoms with Crippen molar-refractivity contribution in [3.05, 3.63) is 71.8 Å². The Morgan fingerprint density at radius 2 is 0.939 bits per heavy atom. The van der Waals surface area contributed by atoms with Gasteiger partial charge in [-0.25, -0.2) is 10.9 Å². The molecule has 2 rings (SSSR count). The molecule has 0 amide bonds. The number of benzene rings is 2. The molecule has 33 heavy (non-hydrogen) atoms. The van der Waals surface area contributed by atoms with E-state index in [0.29, 0.717) is 12.8 Å². The number of carboxylic acid groups (broad SMARTS) is 4. The first-order valence-electron chi connectivity index (χ1n) is 9.50. The highest BCUT2D eigenvalue weighted by atomic mass is 16.4. The van der Waals surface area contributed by atoms with Gasteiger partial charge in [-0.2, -0.15) is 0 Å². The summed E-state index contributed by atoms with van der Waals surface area (Å²) in [4.78, 5) is 40.0. The van der Waals surface area contributed by atoms with E-state index in [4.69, 9.17) is 32.1 Å². The summed E-state index contributed by atoms with van der Waals surface area (Å²) in [5.74, 6) is 5.68. The SMILES string of the molecule is NN[C@@H](Cc1ccccc1)C(=O)O.NN[C@@H](Cc1ccccc1)C(=O)O.O=C(O)CC(=O)O. The van der Waals surface area contributed by atoms with Gasteiger partial charge in [-0.3, -0.25) is 30.9 Å². The fraction of sp³-hybridized carbons (Fsp3) is 0.238. The number of rotatable bonds is 10. The van der Waals surface area contributed by atoms with Gasteiger partial charge in [-0.15, -0.1) is 0 Å². The molecule has 0 spiro atoms. The molecule has 2 aromatic carbocycles. The second-order valence-corrected chi connectivity index (χ2v) is 6.46. The average molecular weight is 464 g/mol. The number of hydrogen-bond donors (Lipinski definition) is 8. The van der Waals surface area contributed by atoms with Crippen molar-refractivity contribution in [3.8, 4) is 0 Å². The van der Waals surface area contributed by atoms with E-state index in [0.717, 1.165) is 11.1 Å². The summed E-state index contributed by atoms with van der Waals surface area (Å²) in [6.45, 7) is 0. The first-order chi connectivity index (χ1) is 15.6. The number of hydrazine groups is 2. The van der Waals surface area contributed by atoms with Crippen molar-refractivity contribution in [1.82, 2.24) is 10.9 Å². The van der Waals surface area contributed by atoms with Crippen molar-refractivity contribution in [2.24, 2.45) is 11.7 Å². The van der Waals surface area contributed by atoms with Crippen LogP contribution in [0.2, 0.25) is 0 Å². The average Bonchev–Trinajstić information content (AvgIpc) is 2.76. The minimum absolute atomic E-state index is 0.396. The molecule has 0 aliphatic carbocycles. The zero-order valence-electron chi connectivity index (χ0n) is 17.6. The molecule has 0 bridgehead atoms. The molecular weight excluding hydrogens is 436 g/mol. The third-order valence-electron chi connectivity index (χ3n) is 3.87. The van der Waals surface area contributed by atoms with E-state index in [1.54, 1.807) is 0 Å². The van der Waals surface area contributed by atoms with Crippen molar-refractivity contribution in [2.75, 3.05) is 0 Å². The van der Waals surface area contributed by atoms with Crippen LogP contribution in [0.1, 0.15) is 17.5 Å². The van der Waals surface area contributed by atoms with E-state index in [2.05, 4.69) is 10.9 Å². The Morgan fingerprint density at radius 1 is 0.636 bits per heavy atom. The van der Waals surface area contributed by atoms with E-state index in [1.165, 1.54) is 0 Å². The van der Waals surface area contributed by atoms with Crippen LogP contribution in [0.4, 0.5) is 0 Å². The molecule has 0 radical (unpaired) electrons. The normalized spacial score (nSPS) is 11.5. The highest BCUT2D eigenvalue weighted by Crippen LogP contribution is 2.03. The number of aliphatic carboxylic acids is 4. The quantitative estimate of drug-likeness (QED) is 0.130. The predicted octanol–water partition coefficient (Wildman–Crippen LogP) is -0.163. The van der Waals surface area contributed by atoms with Crippen molar-refractivity contribution in [3.63, 3.8) is 0 Å². The number of hydrogen-bond acceptors (Lipinski definition) is 8. The maximum absolute atomic E-state index is 10.6. The van der Waals surface area contributed by atoms with Crippen molar-refractivity contribution < 1.29 is 39.6 Å². The van der Waals surface area contributed by atoms with Crippen LogP contribution < -0.4 is 22.5 Å². The zero-order chi connectivity index (χ0) is 25.2. The van der Waals surface area contributed by atoms with E-state index in [1.807, 2.05) is 60.7 Å². The topological polar surface area (TPSA) is 225 Å². The largest absolute Gasteiger partial charge is 0.481 e. The highest BCUT2D eigenvalue weighted by Gasteiger charge is 2.15. The molecule has 2 atom stereocenters. The number of carbonyl (C=O) groups is 4. The molecule has 0 aliphatic rings. The van der Waals surface area contributed by atoms with E-state index in [-0.39, 0.29) is 0 Å². The third kappa shape index (κ3) is 14.7. The van der Waals surface area contributed by atoms with Crippen LogP contribution in [0.3, 0.4) is 0 Å². The number of nitrogens with one attached hydrogen (secondary N) is 2. The Labute approximate surface area is 189 Å². The van der Waals surface area contributed by atoms with Crippen LogP contribution in [-0.4, -0.2) is 56.4 Å². The smallest absolute Gasteiger partial charge is 0.322 e. The minimum atomic E-state index is -1.31. The lowest BCUT2D eigenvalue weighted by Crippen LogP contribution is -2.42. The number of carboxylic acids is 4. The van der Waals surface area contributed by atoms with Crippen molar-refractivity contribution in [2.45, 2.75) is 31.3 Å². The van der Waals surface area contributed by atoms with Crippen LogP contribution in [-0.2, 0) is 32.0 Å². The van der Waals surface area contributed by atoms with Gasteiger partial charge in [-0.1, -0.05) is 60.7 Å². The van der Waals surface area contributed by atoms with Crippen LogP contribution in [0.15, 0.2) is 60.7 Å². The Kier molecular flexibility index (Phi) is 14.8. The lowest BCUT2D eigenvalue weighted by atomic mass is 10.1. The summed E-state index contributed by atoms with van der Waals surface area (Å²) in [6.07, 6.45) is -0.0145. The van der Waals surface area contributed by atoms with E-state index >= 15 is 0 Å². The molecule has 0 fully saturated rings. The summed E-state index contributed by atoms with van der Waals surface area (Å²) in [5, 5.41) is 32.8. The Morgan fingerprint density at radius 3 is 1.12 bits per heavy atom. The van der Waals surface area contributed by atoms with Crippen LogP contribution >= 0.6 is 0 Å². The molecule has 0 aliphatic heterocycles. The van der Waals surface area contributed by atoms with Gasteiger partial charge in [0.2, 0.25) is 0 Å².